The zero-order chi connectivity index (χ0) is 19.7. The Kier molecular flexibility index (Phi) is 4.06. The fourth-order valence-electron chi connectivity index (χ4n) is 4.57. The van der Waals surface area contributed by atoms with Crippen LogP contribution in [0.25, 0.3) is 0 Å². The molecule has 148 valence electrons. The van der Waals surface area contributed by atoms with Crippen LogP contribution in [0.4, 0.5) is 20.5 Å². The van der Waals surface area contributed by atoms with Crippen LogP contribution in [0.5, 0.6) is 0 Å². The van der Waals surface area contributed by atoms with Crippen molar-refractivity contribution in [2.75, 3.05) is 29.4 Å². The average Bonchev–Trinajstić information content (AvgIpc) is 3.02. The highest BCUT2D eigenvalue weighted by Gasteiger charge is 2.56. The van der Waals surface area contributed by atoms with Gasteiger partial charge in [0.1, 0.15) is 11.5 Å². The van der Waals surface area contributed by atoms with Crippen molar-refractivity contribution in [1.29, 1.82) is 0 Å². The predicted molar refractivity (Wildman–Crippen MR) is 94.1 cm³/mol. The molecule has 3 aliphatic rings. The third-order valence-corrected chi connectivity index (χ3v) is 6.55. The smallest absolute Gasteiger partial charge is 0.303 e. The summed E-state index contributed by atoms with van der Waals surface area (Å²) in [6.07, 6.45) is -2.54. The molecule has 0 amide bonds. The summed E-state index contributed by atoms with van der Waals surface area (Å²) in [6.45, 7) is 6.69. The molecule has 1 aliphatic carbocycles. The number of rotatable bonds is 5. The van der Waals surface area contributed by atoms with E-state index in [0.29, 0.717) is 31.0 Å². The molecule has 3 heterocycles. The molecule has 0 spiro atoms. The minimum Gasteiger partial charge on any atom is -0.481 e. The number of halogens is 2. The predicted octanol–water partition coefficient (Wildman–Crippen LogP) is 1.84. The van der Waals surface area contributed by atoms with E-state index in [1.165, 1.54) is 0 Å². The first kappa shape index (κ1) is 18.3. The Morgan fingerprint density at radius 2 is 1.96 bits per heavy atom. The lowest BCUT2D eigenvalue weighted by molar-refractivity contribution is -0.137. The van der Waals surface area contributed by atoms with Crippen LogP contribution < -0.4 is 9.80 Å². The van der Waals surface area contributed by atoms with Crippen LogP contribution in [0.15, 0.2) is 0 Å². The second-order valence-electron chi connectivity index (χ2n) is 8.31. The van der Waals surface area contributed by atoms with Gasteiger partial charge in [0.15, 0.2) is 0 Å². The second-order valence-corrected chi connectivity index (χ2v) is 8.31. The maximum atomic E-state index is 13.6. The topological polar surface area (TPSA) is 89.8 Å². The largest absolute Gasteiger partial charge is 0.481 e. The molecule has 0 bridgehead atoms. The minimum absolute atomic E-state index is 0.167. The minimum atomic E-state index is -2.71. The summed E-state index contributed by atoms with van der Waals surface area (Å²) < 4.78 is 27.1. The Balaban J connectivity index is 1.59. The Hall–Kier alpha value is -2.03. The van der Waals surface area contributed by atoms with Crippen molar-refractivity contribution in [3.8, 4) is 0 Å². The van der Waals surface area contributed by atoms with E-state index < -0.39 is 18.0 Å². The summed E-state index contributed by atoms with van der Waals surface area (Å²) in [4.78, 5) is 23.2. The van der Waals surface area contributed by atoms with E-state index in [2.05, 4.69) is 9.97 Å². The zero-order valence-electron chi connectivity index (χ0n) is 15.6. The summed E-state index contributed by atoms with van der Waals surface area (Å²) in [5, 5.41) is 19.1. The number of carboxylic acids is 1. The fourth-order valence-corrected chi connectivity index (χ4v) is 4.57. The first-order valence-corrected chi connectivity index (χ1v) is 9.22. The number of alkyl halides is 2. The summed E-state index contributed by atoms with van der Waals surface area (Å²) in [5.41, 5.74) is -0.806. The highest BCUT2D eigenvalue weighted by molar-refractivity contribution is 5.68. The van der Waals surface area contributed by atoms with Crippen LogP contribution in [0.2, 0.25) is 0 Å². The van der Waals surface area contributed by atoms with Gasteiger partial charge in [-0.25, -0.2) is 13.8 Å². The first-order valence-electron chi connectivity index (χ1n) is 9.22. The lowest BCUT2D eigenvalue weighted by Gasteiger charge is -2.51. The number of aliphatic hydroxyl groups is 1. The van der Waals surface area contributed by atoms with Crippen molar-refractivity contribution in [1.82, 2.24) is 9.97 Å². The molecule has 2 aliphatic heterocycles. The van der Waals surface area contributed by atoms with Gasteiger partial charge in [-0.1, -0.05) is 0 Å². The number of carbonyl (C=O) groups is 1. The van der Waals surface area contributed by atoms with E-state index in [1.807, 2.05) is 11.8 Å². The molecular formula is C18H24F2N4O3. The third-order valence-electron chi connectivity index (χ3n) is 6.55. The van der Waals surface area contributed by atoms with Crippen molar-refractivity contribution >= 4 is 17.7 Å². The van der Waals surface area contributed by atoms with Gasteiger partial charge in [-0.05, 0) is 38.5 Å². The first-order chi connectivity index (χ1) is 12.6. The molecule has 1 aromatic heterocycles. The normalized spacial score (nSPS) is 34.6. The molecule has 4 atom stereocenters. The maximum absolute atomic E-state index is 13.6. The molecule has 1 saturated carbocycles. The number of carboxylic acid groups (broad SMARTS) is 1. The number of fused-ring (bicyclic) bond motifs is 1. The number of aromatic nitrogens is 2. The number of hydrogen-bond acceptors (Lipinski definition) is 6. The van der Waals surface area contributed by atoms with Gasteiger partial charge < -0.3 is 20.0 Å². The van der Waals surface area contributed by atoms with Crippen molar-refractivity contribution < 1.29 is 23.8 Å². The molecule has 2 N–H and O–H groups in total. The number of hydrogen-bond donors (Lipinski definition) is 2. The molecule has 0 radical (unpaired) electrons. The molecule has 2 saturated heterocycles. The van der Waals surface area contributed by atoms with Crippen LogP contribution >= 0.6 is 0 Å². The molecule has 1 aromatic rings. The van der Waals surface area contributed by atoms with Crippen molar-refractivity contribution in [2.24, 2.45) is 17.8 Å². The quantitative estimate of drug-likeness (QED) is 0.803. The second kappa shape index (κ2) is 5.98. The van der Waals surface area contributed by atoms with Crippen LogP contribution in [0.3, 0.4) is 0 Å². The third kappa shape index (κ3) is 2.92. The van der Waals surface area contributed by atoms with Gasteiger partial charge in [0.2, 0.25) is 5.95 Å². The number of anilines is 2. The van der Waals surface area contributed by atoms with E-state index in [1.54, 1.807) is 18.7 Å². The summed E-state index contributed by atoms with van der Waals surface area (Å²) >= 11 is 0. The molecule has 9 heteroatoms. The Morgan fingerprint density at radius 3 is 2.44 bits per heavy atom. The fraction of sp³-hybridized carbons (Fsp3) is 0.722. The van der Waals surface area contributed by atoms with Gasteiger partial charge in [0, 0.05) is 25.1 Å². The van der Waals surface area contributed by atoms with E-state index in [-0.39, 0.29) is 41.9 Å². The summed E-state index contributed by atoms with van der Waals surface area (Å²) in [5.74, 6) is 0.679. The molecule has 4 rings (SSSR count). The van der Waals surface area contributed by atoms with Gasteiger partial charge in [-0.15, -0.1) is 0 Å². The summed E-state index contributed by atoms with van der Waals surface area (Å²) in [6, 6.07) is -0.259. The number of aliphatic carboxylic acids is 1. The van der Waals surface area contributed by atoms with Crippen LogP contribution in [-0.2, 0) is 4.79 Å². The van der Waals surface area contributed by atoms with Crippen LogP contribution in [0, 0.1) is 24.7 Å². The van der Waals surface area contributed by atoms with Crippen LogP contribution in [0.1, 0.15) is 38.0 Å². The van der Waals surface area contributed by atoms with E-state index in [4.69, 9.17) is 5.11 Å². The van der Waals surface area contributed by atoms with Gasteiger partial charge in [-0.2, -0.15) is 4.98 Å². The van der Waals surface area contributed by atoms with Crippen molar-refractivity contribution in [2.45, 2.75) is 45.3 Å². The Labute approximate surface area is 156 Å². The highest BCUT2D eigenvalue weighted by Crippen LogP contribution is 2.54. The molecule has 7 nitrogen and oxygen atoms in total. The Morgan fingerprint density at radius 1 is 1.33 bits per heavy atom. The molecular weight excluding hydrogens is 358 g/mol. The van der Waals surface area contributed by atoms with Gasteiger partial charge >= 0.3 is 5.97 Å². The van der Waals surface area contributed by atoms with Gasteiger partial charge in [0.05, 0.1) is 18.2 Å². The lowest BCUT2D eigenvalue weighted by atomic mass is 9.87. The van der Waals surface area contributed by atoms with E-state index in [9.17, 15) is 18.7 Å². The summed E-state index contributed by atoms with van der Waals surface area (Å²) in [7, 11) is 0. The SMILES string of the molecule is Cc1c(C(F)F)nc(N2C[C@@](C)(O)[C@@H]2C)nc1N1CC2C(CC(=O)O)C2C1. The zero-order valence-corrected chi connectivity index (χ0v) is 15.6. The number of β-amino-alcohol motifs (C(OH)–C–C–N with tert-alkyl or cyclic N) is 1. The van der Waals surface area contributed by atoms with E-state index in [0.717, 1.165) is 0 Å². The molecule has 3 fully saturated rings. The molecule has 2 unspecified atom stereocenters. The van der Waals surface area contributed by atoms with Gasteiger partial charge in [0.25, 0.3) is 6.43 Å². The van der Waals surface area contributed by atoms with Crippen molar-refractivity contribution in [3.63, 3.8) is 0 Å². The monoisotopic (exact) mass is 382 g/mol. The highest BCUT2D eigenvalue weighted by atomic mass is 19.3. The maximum Gasteiger partial charge on any atom is 0.303 e. The van der Waals surface area contributed by atoms with Gasteiger partial charge in [-0.3, -0.25) is 4.79 Å². The van der Waals surface area contributed by atoms with Crippen molar-refractivity contribution in [3.05, 3.63) is 11.3 Å². The number of piperidine rings is 1. The average molecular weight is 382 g/mol. The van der Waals surface area contributed by atoms with E-state index >= 15 is 0 Å². The van der Waals surface area contributed by atoms with Crippen LogP contribution in [-0.4, -0.2) is 57.4 Å². The Bertz CT molecular complexity index is 776. The number of nitrogens with zero attached hydrogens (tertiary/aromatic N) is 4. The molecule has 0 aromatic carbocycles. The lowest BCUT2D eigenvalue weighted by Crippen LogP contribution is -2.67. The molecule has 27 heavy (non-hydrogen) atoms. The standard InChI is InChI=1S/C18H24F2N4O3/c1-8-14(15(19)20)21-17(24-7-18(3,27)9(24)2)22-16(8)23-5-11-10(4-13(25)26)12(11)6-23/h9-12,15,27H,4-7H2,1-3H3,(H,25,26)/t9-,10?,11?,12?,18+/m0/s1.